The number of hydrogen-bond acceptors (Lipinski definition) is 5. The molecule has 3 rings (SSSR count). The number of rotatable bonds is 7. The van der Waals surface area contributed by atoms with Gasteiger partial charge in [-0.25, -0.2) is 5.43 Å². The van der Waals surface area contributed by atoms with E-state index in [0.29, 0.717) is 6.61 Å². The maximum atomic E-state index is 12.0. The highest BCUT2D eigenvalue weighted by atomic mass is 16.6. The molecule has 0 radical (unpaired) electrons. The Morgan fingerprint density at radius 2 is 1.79 bits per heavy atom. The third-order valence-corrected chi connectivity index (χ3v) is 3.83. The summed E-state index contributed by atoms with van der Waals surface area (Å²) in [6.45, 7) is 0.480. The largest absolute Gasteiger partial charge is 0.489 e. The number of benzene rings is 3. The Labute approximate surface area is 161 Å². The summed E-state index contributed by atoms with van der Waals surface area (Å²) in [7, 11) is 0. The van der Waals surface area contributed by atoms with E-state index in [1.807, 2.05) is 54.6 Å². The van der Waals surface area contributed by atoms with Gasteiger partial charge in [0.05, 0.1) is 11.1 Å². The predicted molar refractivity (Wildman–Crippen MR) is 105 cm³/mol. The fourth-order valence-corrected chi connectivity index (χ4v) is 2.38. The lowest BCUT2D eigenvalue weighted by Gasteiger charge is -2.06. The number of hydrazone groups is 1. The first-order valence-corrected chi connectivity index (χ1v) is 8.46. The van der Waals surface area contributed by atoms with Gasteiger partial charge in [0.1, 0.15) is 12.4 Å². The highest BCUT2D eigenvalue weighted by Crippen LogP contribution is 2.14. The molecule has 0 saturated heterocycles. The van der Waals surface area contributed by atoms with Gasteiger partial charge in [0.15, 0.2) is 0 Å². The zero-order valence-corrected chi connectivity index (χ0v) is 14.8. The van der Waals surface area contributed by atoms with Gasteiger partial charge in [0.25, 0.3) is 11.6 Å². The summed E-state index contributed by atoms with van der Waals surface area (Å²) in [5, 5.41) is 14.6. The third-order valence-electron chi connectivity index (χ3n) is 3.83. The van der Waals surface area contributed by atoms with E-state index in [-0.39, 0.29) is 11.3 Å². The van der Waals surface area contributed by atoms with Gasteiger partial charge in [0.2, 0.25) is 0 Å². The van der Waals surface area contributed by atoms with Crippen molar-refractivity contribution < 1.29 is 14.5 Å². The molecule has 0 atom stereocenters. The lowest BCUT2D eigenvalue weighted by molar-refractivity contribution is -0.384. The van der Waals surface area contributed by atoms with Crippen LogP contribution in [0.5, 0.6) is 5.75 Å². The van der Waals surface area contributed by atoms with E-state index < -0.39 is 10.8 Å². The average Bonchev–Trinajstić information content (AvgIpc) is 2.74. The van der Waals surface area contributed by atoms with Crippen LogP contribution in [-0.2, 0) is 6.61 Å². The fraction of sp³-hybridized carbons (Fsp3) is 0.0476. The number of ether oxygens (including phenoxy) is 1. The Hall–Kier alpha value is -4.00. The first kappa shape index (κ1) is 18.8. The molecule has 7 heteroatoms. The van der Waals surface area contributed by atoms with E-state index in [9.17, 15) is 14.9 Å². The van der Waals surface area contributed by atoms with Crippen molar-refractivity contribution in [3.63, 3.8) is 0 Å². The molecule has 1 amide bonds. The predicted octanol–water partition coefficient (Wildman–Crippen LogP) is 3.94. The summed E-state index contributed by atoms with van der Waals surface area (Å²) in [5.74, 6) is 0.199. The quantitative estimate of drug-likeness (QED) is 0.384. The van der Waals surface area contributed by atoms with E-state index in [1.54, 1.807) is 0 Å². The molecular formula is C21H17N3O4. The van der Waals surface area contributed by atoms with E-state index in [0.717, 1.165) is 16.9 Å². The van der Waals surface area contributed by atoms with Crippen LogP contribution >= 0.6 is 0 Å². The molecule has 0 bridgehead atoms. The smallest absolute Gasteiger partial charge is 0.271 e. The third kappa shape index (κ3) is 5.25. The van der Waals surface area contributed by atoms with Gasteiger partial charge < -0.3 is 4.74 Å². The second kappa shape index (κ2) is 9.09. The molecule has 7 nitrogen and oxygen atoms in total. The van der Waals surface area contributed by atoms with Gasteiger partial charge >= 0.3 is 0 Å². The lowest BCUT2D eigenvalue weighted by Crippen LogP contribution is -2.17. The number of nitro benzene ring substituents is 1. The standard InChI is InChI=1S/C21H17N3O4/c25-21(18-7-4-8-19(13-18)24(26)27)23-22-14-16-9-11-20(12-10-16)28-15-17-5-2-1-3-6-17/h1-14H,15H2,(H,23,25)/b22-14+. The normalized spacial score (nSPS) is 10.6. The molecule has 0 spiro atoms. The topological polar surface area (TPSA) is 93.8 Å². The van der Waals surface area contributed by atoms with Crippen molar-refractivity contribution in [1.82, 2.24) is 5.43 Å². The molecule has 0 aromatic heterocycles. The van der Waals surface area contributed by atoms with Crippen LogP contribution in [-0.4, -0.2) is 17.0 Å². The van der Waals surface area contributed by atoms with Crippen molar-refractivity contribution in [1.29, 1.82) is 0 Å². The first-order valence-electron chi connectivity index (χ1n) is 8.46. The van der Waals surface area contributed by atoms with Gasteiger partial charge in [-0.15, -0.1) is 0 Å². The molecule has 0 fully saturated rings. The second-order valence-electron chi connectivity index (χ2n) is 5.85. The number of carbonyl (C=O) groups is 1. The van der Waals surface area contributed by atoms with Crippen molar-refractivity contribution in [3.8, 4) is 5.75 Å². The summed E-state index contributed by atoms with van der Waals surface area (Å²) in [6.07, 6.45) is 1.48. The number of nitro groups is 1. The van der Waals surface area contributed by atoms with Crippen LogP contribution < -0.4 is 10.2 Å². The molecule has 0 heterocycles. The maximum absolute atomic E-state index is 12.0. The van der Waals surface area contributed by atoms with Crippen LogP contribution in [0.15, 0.2) is 84.0 Å². The highest BCUT2D eigenvalue weighted by molar-refractivity contribution is 5.95. The number of hydrogen-bond donors (Lipinski definition) is 1. The van der Waals surface area contributed by atoms with E-state index in [4.69, 9.17) is 4.74 Å². The minimum Gasteiger partial charge on any atom is -0.489 e. The number of carbonyl (C=O) groups excluding carboxylic acids is 1. The summed E-state index contributed by atoms with van der Waals surface area (Å²) < 4.78 is 5.71. The molecular weight excluding hydrogens is 358 g/mol. The summed E-state index contributed by atoms with van der Waals surface area (Å²) >= 11 is 0. The average molecular weight is 375 g/mol. The van der Waals surface area contributed by atoms with Crippen LogP contribution in [0.4, 0.5) is 5.69 Å². The molecule has 0 unspecified atom stereocenters. The highest BCUT2D eigenvalue weighted by Gasteiger charge is 2.10. The van der Waals surface area contributed by atoms with Crippen molar-refractivity contribution in [2.75, 3.05) is 0 Å². The van der Waals surface area contributed by atoms with Gasteiger partial charge in [-0.2, -0.15) is 5.10 Å². The van der Waals surface area contributed by atoms with Crippen LogP contribution in [0.3, 0.4) is 0 Å². The van der Waals surface area contributed by atoms with Gasteiger partial charge in [-0.05, 0) is 41.5 Å². The minimum atomic E-state index is -0.554. The van der Waals surface area contributed by atoms with E-state index in [1.165, 1.54) is 30.5 Å². The second-order valence-corrected chi connectivity index (χ2v) is 5.85. The summed E-state index contributed by atoms with van der Waals surface area (Å²) in [6, 6.07) is 22.5. The summed E-state index contributed by atoms with van der Waals surface area (Å²) in [5.41, 5.74) is 4.21. The number of nitrogens with one attached hydrogen (secondary N) is 1. The zero-order chi connectivity index (χ0) is 19.8. The number of nitrogens with zero attached hydrogens (tertiary/aromatic N) is 2. The monoisotopic (exact) mass is 375 g/mol. The van der Waals surface area contributed by atoms with Crippen molar-refractivity contribution in [3.05, 3.63) is 106 Å². The van der Waals surface area contributed by atoms with E-state index >= 15 is 0 Å². The van der Waals surface area contributed by atoms with Crippen LogP contribution in [0.25, 0.3) is 0 Å². The Kier molecular flexibility index (Phi) is 6.10. The lowest BCUT2D eigenvalue weighted by atomic mass is 10.2. The first-order chi connectivity index (χ1) is 13.6. The molecule has 0 saturated carbocycles. The van der Waals surface area contributed by atoms with Crippen molar-refractivity contribution in [2.45, 2.75) is 6.61 Å². The Morgan fingerprint density at radius 1 is 1.04 bits per heavy atom. The Morgan fingerprint density at radius 3 is 2.50 bits per heavy atom. The molecule has 3 aromatic carbocycles. The minimum absolute atomic E-state index is 0.150. The fourth-order valence-electron chi connectivity index (χ4n) is 2.38. The summed E-state index contributed by atoms with van der Waals surface area (Å²) in [4.78, 5) is 22.2. The maximum Gasteiger partial charge on any atom is 0.271 e. The zero-order valence-electron chi connectivity index (χ0n) is 14.8. The number of non-ortho nitro benzene ring substituents is 1. The molecule has 1 N–H and O–H groups in total. The van der Waals surface area contributed by atoms with Crippen LogP contribution in [0.1, 0.15) is 21.5 Å². The molecule has 0 aliphatic heterocycles. The van der Waals surface area contributed by atoms with Crippen molar-refractivity contribution >= 4 is 17.8 Å². The molecule has 0 aliphatic rings. The molecule has 140 valence electrons. The molecule has 3 aromatic rings. The Balaban J connectivity index is 1.53. The molecule has 0 aliphatic carbocycles. The van der Waals surface area contributed by atoms with Gasteiger partial charge in [0, 0.05) is 17.7 Å². The van der Waals surface area contributed by atoms with Gasteiger partial charge in [-0.3, -0.25) is 14.9 Å². The van der Waals surface area contributed by atoms with Crippen LogP contribution in [0.2, 0.25) is 0 Å². The van der Waals surface area contributed by atoms with Crippen LogP contribution in [0, 0.1) is 10.1 Å². The SMILES string of the molecule is O=C(N/N=C/c1ccc(OCc2ccccc2)cc1)c1cccc([N+](=O)[O-])c1. The Bertz CT molecular complexity index is 986. The van der Waals surface area contributed by atoms with Gasteiger partial charge in [-0.1, -0.05) is 36.4 Å². The molecule has 28 heavy (non-hydrogen) atoms. The van der Waals surface area contributed by atoms with E-state index in [2.05, 4.69) is 10.5 Å². The van der Waals surface area contributed by atoms with Crippen molar-refractivity contribution in [2.24, 2.45) is 5.10 Å². The number of amides is 1.